The lowest BCUT2D eigenvalue weighted by Gasteiger charge is -2.41. The molecule has 1 saturated heterocycles. The average Bonchev–Trinajstić information content (AvgIpc) is 3.26. The Hall–Kier alpha value is -3.47. The van der Waals surface area contributed by atoms with Gasteiger partial charge in [-0.25, -0.2) is 9.37 Å². The molecule has 0 radical (unpaired) electrons. The number of carbonyl (C=O) groups is 1. The van der Waals surface area contributed by atoms with Gasteiger partial charge in [0.15, 0.2) is 0 Å². The third kappa shape index (κ3) is 5.06. The summed E-state index contributed by atoms with van der Waals surface area (Å²) >= 11 is 0. The molecule has 10 heteroatoms. The molecule has 3 heterocycles. The van der Waals surface area contributed by atoms with Crippen molar-refractivity contribution in [1.29, 1.82) is 0 Å². The Morgan fingerprint density at radius 2 is 1.86 bits per heavy atom. The van der Waals surface area contributed by atoms with Crippen LogP contribution in [-0.4, -0.2) is 59.0 Å². The van der Waals surface area contributed by atoms with Gasteiger partial charge >= 0.3 is 0 Å². The highest BCUT2D eigenvalue weighted by atomic mass is 32.3. The van der Waals surface area contributed by atoms with E-state index in [0.717, 1.165) is 16.6 Å². The van der Waals surface area contributed by atoms with E-state index in [0.29, 0.717) is 22.8 Å². The average molecular weight is 510 g/mol. The summed E-state index contributed by atoms with van der Waals surface area (Å²) in [5.41, 5.74) is 4.76. The van der Waals surface area contributed by atoms with Crippen LogP contribution in [0.1, 0.15) is 16.7 Å². The van der Waals surface area contributed by atoms with Crippen molar-refractivity contribution < 1.29 is 18.3 Å². The summed E-state index contributed by atoms with van der Waals surface area (Å²) in [5.74, 6) is 0.0717. The third-order valence-corrected chi connectivity index (χ3v) is 8.25. The number of hydrogen-bond acceptors (Lipinski definition) is 6. The van der Waals surface area contributed by atoms with Gasteiger partial charge in [-0.15, -0.1) is 0 Å². The molecule has 4 aromatic rings. The summed E-state index contributed by atoms with van der Waals surface area (Å²) in [5, 5.41) is 4.05. The standard InChI is InChI=1S/C26H28FN5O3S/c1-17-3-5-21(13-18(17)2)29-26-28-16-20-7-8-32(25(20)30-26)22-6-4-19(23(27)15-22)14-24(33)31-9-11-36(34,35)12-10-31/h3-8,13,15-16,34-35H,9-12,14H2,1-2H3,(H,28,29,30). The van der Waals surface area contributed by atoms with Crippen LogP contribution in [0.2, 0.25) is 0 Å². The minimum absolute atomic E-state index is 0.0794. The van der Waals surface area contributed by atoms with Crippen molar-refractivity contribution >= 4 is 39.2 Å². The summed E-state index contributed by atoms with van der Waals surface area (Å²) in [6.07, 6.45) is 3.45. The normalized spacial score (nSPS) is 16.2. The number of aromatic nitrogens is 3. The number of aryl methyl sites for hydroxylation is 2. The van der Waals surface area contributed by atoms with Crippen molar-refractivity contribution in [3.8, 4) is 5.69 Å². The van der Waals surface area contributed by atoms with E-state index in [9.17, 15) is 13.9 Å². The van der Waals surface area contributed by atoms with Gasteiger partial charge in [0.25, 0.3) is 0 Å². The van der Waals surface area contributed by atoms with Gasteiger partial charge in [-0.3, -0.25) is 13.9 Å². The molecule has 1 fully saturated rings. The summed E-state index contributed by atoms with van der Waals surface area (Å²) in [4.78, 5) is 23.2. The van der Waals surface area contributed by atoms with Crippen molar-refractivity contribution in [2.45, 2.75) is 20.3 Å². The summed E-state index contributed by atoms with van der Waals surface area (Å²) in [7, 11) is -2.59. The Balaban J connectivity index is 1.35. The molecule has 188 valence electrons. The van der Waals surface area contributed by atoms with Crippen molar-refractivity contribution in [1.82, 2.24) is 19.4 Å². The van der Waals surface area contributed by atoms with Gasteiger partial charge in [0, 0.05) is 42.2 Å². The highest BCUT2D eigenvalue weighted by Crippen LogP contribution is 2.40. The van der Waals surface area contributed by atoms with Crippen LogP contribution in [-0.2, 0) is 11.2 Å². The van der Waals surface area contributed by atoms with Gasteiger partial charge < -0.3 is 14.8 Å². The molecule has 0 unspecified atom stereocenters. The van der Waals surface area contributed by atoms with Crippen molar-refractivity contribution in [2.75, 3.05) is 29.9 Å². The Morgan fingerprint density at radius 1 is 1.08 bits per heavy atom. The van der Waals surface area contributed by atoms with E-state index < -0.39 is 16.4 Å². The third-order valence-electron chi connectivity index (χ3n) is 6.58. The fourth-order valence-corrected chi connectivity index (χ4v) is 5.44. The maximum absolute atomic E-state index is 15.0. The van der Waals surface area contributed by atoms with Gasteiger partial charge in [0.1, 0.15) is 11.5 Å². The van der Waals surface area contributed by atoms with E-state index in [4.69, 9.17) is 0 Å². The molecule has 2 aromatic heterocycles. The van der Waals surface area contributed by atoms with Crippen LogP contribution < -0.4 is 5.32 Å². The lowest BCUT2D eigenvalue weighted by atomic mass is 10.1. The maximum atomic E-state index is 15.0. The van der Waals surface area contributed by atoms with Crippen molar-refractivity contribution in [3.63, 3.8) is 0 Å². The van der Waals surface area contributed by atoms with Gasteiger partial charge in [-0.05, 0) is 60.9 Å². The highest BCUT2D eigenvalue weighted by Gasteiger charge is 2.26. The zero-order valence-electron chi connectivity index (χ0n) is 20.1. The minimum Gasteiger partial charge on any atom is -0.339 e. The molecule has 36 heavy (non-hydrogen) atoms. The molecular formula is C26H28FN5O3S. The Bertz CT molecular complexity index is 1450. The second-order valence-electron chi connectivity index (χ2n) is 9.13. The number of anilines is 2. The van der Waals surface area contributed by atoms with Gasteiger partial charge in [-0.2, -0.15) is 15.6 Å². The predicted molar refractivity (Wildman–Crippen MR) is 141 cm³/mol. The molecule has 0 bridgehead atoms. The molecule has 1 aliphatic heterocycles. The zero-order chi connectivity index (χ0) is 25.4. The molecule has 0 saturated carbocycles. The molecular weight excluding hydrogens is 481 g/mol. The van der Waals surface area contributed by atoms with E-state index in [2.05, 4.69) is 22.2 Å². The molecule has 0 atom stereocenters. The fourth-order valence-electron chi connectivity index (χ4n) is 4.22. The first-order chi connectivity index (χ1) is 17.2. The number of rotatable bonds is 5. The predicted octanol–water partition coefficient (Wildman–Crippen LogP) is 5.06. The number of benzene rings is 2. The number of halogens is 1. The highest BCUT2D eigenvalue weighted by molar-refractivity contribution is 8.24. The fraction of sp³-hybridized carbons (Fsp3) is 0.269. The Labute approximate surface area is 210 Å². The largest absolute Gasteiger partial charge is 0.339 e. The molecule has 8 nitrogen and oxygen atoms in total. The van der Waals surface area contributed by atoms with E-state index >= 15 is 4.39 Å². The lowest BCUT2D eigenvalue weighted by molar-refractivity contribution is -0.130. The molecule has 1 amide bonds. The topological polar surface area (TPSA) is 104 Å². The summed E-state index contributed by atoms with van der Waals surface area (Å²) in [6, 6.07) is 12.7. The molecule has 0 aliphatic carbocycles. The summed E-state index contributed by atoms with van der Waals surface area (Å²) < 4.78 is 36.3. The molecule has 5 rings (SSSR count). The Morgan fingerprint density at radius 3 is 2.58 bits per heavy atom. The van der Waals surface area contributed by atoms with Crippen LogP contribution in [0.25, 0.3) is 16.7 Å². The molecule has 1 aliphatic rings. The van der Waals surface area contributed by atoms with Crippen LogP contribution in [0.15, 0.2) is 54.9 Å². The van der Waals surface area contributed by atoms with E-state index in [1.54, 1.807) is 27.8 Å². The number of amides is 1. The first-order valence-electron chi connectivity index (χ1n) is 11.7. The van der Waals surface area contributed by atoms with E-state index in [-0.39, 0.29) is 36.9 Å². The number of nitrogens with zero attached hydrogens (tertiary/aromatic N) is 4. The van der Waals surface area contributed by atoms with Gasteiger partial charge in [0.2, 0.25) is 11.9 Å². The van der Waals surface area contributed by atoms with Gasteiger partial charge in [0.05, 0.1) is 17.9 Å². The Kier molecular flexibility index (Phi) is 6.42. The van der Waals surface area contributed by atoms with Crippen LogP contribution in [0.3, 0.4) is 0 Å². The molecule has 3 N–H and O–H groups in total. The van der Waals surface area contributed by atoms with Crippen molar-refractivity contribution in [3.05, 3.63) is 77.4 Å². The first-order valence-corrected chi connectivity index (χ1v) is 13.6. The lowest BCUT2D eigenvalue weighted by Crippen LogP contribution is -2.42. The van der Waals surface area contributed by atoms with Gasteiger partial charge in [-0.1, -0.05) is 12.1 Å². The number of hydrogen-bond donors (Lipinski definition) is 3. The van der Waals surface area contributed by atoms with Crippen LogP contribution >= 0.6 is 10.6 Å². The van der Waals surface area contributed by atoms with Crippen LogP contribution in [0.4, 0.5) is 16.0 Å². The maximum Gasteiger partial charge on any atom is 0.229 e. The monoisotopic (exact) mass is 509 g/mol. The number of carbonyl (C=O) groups excluding carboxylic acids is 1. The van der Waals surface area contributed by atoms with Crippen LogP contribution in [0.5, 0.6) is 0 Å². The van der Waals surface area contributed by atoms with Crippen LogP contribution in [0, 0.1) is 19.7 Å². The SMILES string of the molecule is Cc1ccc(Nc2ncc3ccn(-c4ccc(CC(=O)N5CCS(O)(O)CC5)c(F)c4)c3n2)cc1C. The molecule has 0 spiro atoms. The second-order valence-corrected chi connectivity index (χ2v) is 11.5. The summed E-state index contributed by atoms with van der Waals surface area (Å²) in [6.45, 7) is 4.64. The zero-order valence-corrected chi connectivity index (χ0v) is 20.9. The molecule has 2 aromatic carbocycles. The quantitative estimate of drug-likeness (QED) is 0.348. The smallest absolute Gasteiger partial charge is 0.229 e. The minimum atomic E-state index is -2.59. The number of fused-ring (bicyclic) bond motifs is 1. The van der Waals surface area contributed by atoms with E-state index in [1.165, 1.54) is 11.6 Å². The van der Waals surface area contributed by atoms with Crippen molar-refractivity contribution in [2.24, 2.45) is 0 Å². The number of nitrogens with one attached hydrogen (secondary N) is 1. The first kappa shape index (κ1) is 24.2. The van der Waals surface area contributed by atoms with E-state index in [1.807, 2.05) is 37.4 Å². The second kappa shape index (κ2) is 9.53.